The molecule has 0 saturated heterocycles. The van der Waals surface area contributed by atoms with E-state index in [1.165, 1.54) is 61.2 Å². The smallest absolute Gasteiger partial charge is 0.227 e. The highest BCUT2D eigenvalue weighted by atomic mass is 16.4. The van der Waals surface area contributed by atoms with E-state index < -0.39 is 0 Å². The molecule has 0 bridgehead atoms. The van der Waals surface area contributed by atoms with Gasteiger partial charge in [-0.25, -0.2) is 15.0 Å². The first-order valence-corrected chi connectivity index (χ1v) is 24.9. The van der Waals surface area contributed by atoms with E-state index in [-0.39, 0.29) is 10.8 Å². The van der Waals surface area contributed by atoms with Crippen molar-refractivity contribution in [2.75, 3.05) is 0 Å². The number of allylic oxidation sites excluding steroid dienone is 1. The summed E-state index contributed by atoms with van der Waals surface area (Å²) in [5.74, 6) is 2.32. The van der Waals surface area contributed by atoms with Crippen LogP contribution >= 0.6 is 0 Å². The highest BCUT2D eigenvalue weighted by Crippen LogP contribution is 2.52. The molecule has 4 heterocycles. The van der Waals surface area contributed by atoms with Gasteiger partial charge in [-0.15, -0.1) is 0 Å². The molecule has 0 atom stereocenters. The van der Waals surface area contributed by atoms with Crippen LogP contribution < -0.4 is 0 Å². The number of aromatic nitrogens is 4. The Morgan fingerprint density at radius 1 is 0.417 bits per heavy atom. The Bertz CT molecular complexity index is 3990. The van der Waals surface area contributed by atoms with E-state index in [1.807, 2.05) is 48.7 Å². The number of pyridine rings is 2. The summed E-state index contributed by atoms with van der Waals surface area (Å²) in [6, 6.07) is 63.2. The van der Waals surface area contributed by atoms with Gasteiger partial charge in [0.1, 0.15) is 17.0 Å². The average Bonchev–Trinajstić information content (AvgIpc) is 4.18. The van der Waals surface area contributed by atoms with E-state index >= 15 is 0 Å². The number of aryl methyl sites for hydroxylation is 1. The van der Waals surface area contributed by atoms with E-state index in [4.69, 9.17) is 23.8 Å². The maximum atomic E-state index is 6.27. The molecule has 72 heavy (non-hydrogen) atoms. The number of fused-ring (bicyclic) bond motifs is 8. The number of benzene rings is 7. The van der Waals surface area contributed by atoms with Crippen LogP contribution in [0, 0.1) is 0 Å². The van der Waals surface area contributed by atoms with E-state index in [1.54, 1.807) is 0 Å². The van der Waals surface area contributed by atoms with Gasteiger partial charge in [0, 0.05) is 45.7 Å². The summed E-state index contributed by atoms with van der Waals surface area (Å²) < 4.78 is 12.5. The molecule has 0 unspecified atom stereocenters. The maximum Gasteiger partial charge on any atom is 0.227 e. The molecule has 7 aromatic carbocycles. The number of nitrogens with zero attached hydrogens (tertiary/aromatic N) is 4. The van der Waals surface area contributed by atoms with Crippen LogP contribution in [0.2, 0.25) is 0 Å². The zero-order chi connectivity index (χ0) is 48.3. The van der Waals surface area contributed by atoms with Crippen molar-refractivity contribution in [2.24, 2.45) is 0 Å². The summed E-state index contributed by atoms with van der Waals surface area (Å²) in [6.45, 7) is 9.30. The van der Waals surface area contributed by atoms with Gasteiger partial charge < -0.3 is 8.83 Å². The third-order valence-electron chi connectivity index (χ3n) is 15.5. The van der Waals surface area contributed by atoms with Crippen LogP contribution in [0.15, 0.2) is 197 Å². The fourth-order valence-corrected chi connectivity index (χ4v) is 11.5. The lowest BCUT2D eigenvalue weighted by molar-refractivity contribution is 0.516. The highest BCUT2D eigenvalue weighted by molar-refractivity contribution is 5.89. The number of oxazole rings is 2. The Labute approximate surface area is 418 Å². The van der Waals surface area contributed by atoms with E-state index in [2.05, 4.69) is 178 Å². The lowest BCUT2D eigenvalue weighted by atomic mass is 9.81. The Morgan fingerprint density at radius 2 is 0.931 bits per heavy atom. The van der Waals surface area contributed by atoms with E-state index in [0.29, 0.717) is 11.8 Å². The summed E-state index contributed by atoms with van der Waals surface area (Å²) in [5.41, 5.74) is 25.0. The third kappa shape index (κ3) is 6.70. The Morgan fingerprint density at radius 3 is 1.51 bits per heavy atom. The van der Waals surface area contributed by atoms with Crippen molar-refractivity contribution in [1.82, 2.24) is 19.9 Å². The van der Waals surface area contributed by atoms with Gasteiger partial charge in [0.05, 0.1) is 17.1 Å². The van der Waals surface area contributed by atoms with Gasteiger partial charge in [0.25, 0.3) is 0 Å². The molecule has 0 N–H and O–H groups in total. The second-order valence-electron chi connectivity index (χ2n) is 20.5. The summed E-state index contributed by atoms with van der Waals surface area (Å²) in [4.78, 5) is 19.7. The van der Waals surface area contributed by atoms with Gasteiger partial charge in [0.15, 0.2) is 5.58 Å². The van der Waals surface area contributed by atoms with Gasteiger partial charge in [-0.3, -0.25) is 4.98 Å². The SMILES string of the molecule is CC1(C)c2cc(-c3ccc(-c4ccc(-c5ccccn5)nc4-c4ccc(-c5ccc6c(c5)C(C)(C)c5cc(-c7nc8ccccc8o7)ccc5-6)cc4)cc3)ccc2-c2ccc(-c3nc4c(o3)CCC=C4)cc21. The number of hydrogen-bond donors (Lipinski definition) is 0. The molecule has 0 aliphatic heterocycles. The zero-order valence-electron chi connectivity index (χ0n) is 40.5. The quantitative estimate of drug-likeness (QED) is 0.158. The van der Waals surface area contributed by atoms with Crippen molar-refractivity contribution in [1.29, 1.82) is 0 Å². The predicted molar refractivity (Wildman–Crippen MR) is 290 cm³/mol. The molecule has 0 radical (unpaired) electrons. The standard InChI is InChI=1S/C66H48N4O2/c1-65(2)52-35-43(24-28-48(52)50-30-26-45(37-54(50)65)63-69-58-12-5-7-14-60(58)71-63)39-16-20-41(21-17-39)47-32-33-57(56-11-9-10-34-67-56)68-62(47)42-22-18-40(19-23-42)44-25-29-49-51-31-27-46(38-55(51)66(3,4)53(49)36-44)64-70-59-13-6-8-15-61(59)72-64/h5-6,8-13,15-38H,7,14H2,1-4H3. The normalized spacial score (nSPS) is 14.4. The van der Waals surface area contributed by atoms with Crippen LogP contribution in [0.1, 0.15) is 67.8 Å². The molecule has 3 aliphatic rings. The Balaban J connectivity index is 0.762. The third-order valence-corrected chi connectivity index (χ3v) is 15.5. The minimum atomic E-state index is -0.215. The minimum Gasteiger partial charge on any atom is -0.441 e. The molecule has 11 aromatic rings. The molecule has 3 aliphatic carbocycles. The Hall–Kier alpha value is -8.74. The predicted octanol–water partition coefficient (Wildman–Crippen LogP) is 16.8. The summed E-state index contributed by atoms with van der Waals surface area (Å²) in [7, 11) is 0. The van der Waals surface area contributed by atoms with Crippen LogP contribution in [-0.2, 0) is 17.3 Å². The molecule has 6 nitrogen and oxygen atoms in total. The molecule has 0 spiro atoms. The fraction of sp³-hybridized carbons (Fsp3) is 0.121. The van der Waals surface area contributed by atoms with Crippen molar-refractivity contribution in [3.8, 4) is 101 Å². The monoisotopic (exact) mass is 928 g/mol. The molecular formula is C66H48N4O2. The number of rotatable bonds is 7. The zero-order valence-corrected chi connectivity index (χ0v) is 40.5. The molecule has 4 aromatic heterocycles. The molecule has 0 amide bonds. The lowest BCUT2D eigenvalue weighted by Gasteiger charge is -2.22. The first-order valence-electron chi connectivity index (χ1n) is 24.9. The van der Waals surface area contributed by atoms with Crippen molar-refractivity contribution >= 4 is 17.2 Å². The molecular weight excluding hydrogens is 881 g/mol. The largest absolute Gasteiger partial charge is 0.441 e. The van der Waals surface area contributed by atoms with Crippen LogP contribution in [-0.4, -0.2) is 19.9 Å². The summed E-state index contributed by atoms with van der Waals surface area (Å²) >= 11 is 0. The number of para-hydroxylation sites is 2. The van der Waals surface area contributed by atoms with Crippen LogP contribution in [0.3, 0.4) is 0 Å². The van der Waals surface area contributed by atoms with Crippen LogP contribution in [0.4, 0.5) is 0 Å². The number of hydrogen-bond acceptors (Lipinski definition) is 6. The molecule has 14 rings (SSSR count). The fourth-order valence-electron chi connectivity index (χ4n) is 11.5. The van der Waals surface area contributed by atoms with Crippen LogP contribution in [0.25, 0.3) is 118 Å². The van der Waals surface area contributed by atoms with Gasteiger partial charge in [-0.05, 0) is 158 Å². The van der Waals surface area contributed by atoms with Gasteiger partial charge in [-0.2, -0.15) is 0 Å². The summed E-state index contributed by atoms with van der Waals surface area (Å²) in [6.07, 6.45) is 7.96. The topological polar surface area (TPSA) is 77.8 Å². The molecule has 6 heteroatoms. The van der Waals surface area contributed by atoms with Gasteiger partial charge in [0.2, 0.25) is 11.8 Å². The van der Waals surface area contributed by atoms with Crippen molar-refractivity contribution in [2.45, 2.75) is 51.4 Å². The second kappa shape index (κ2) is 15.9. The first-order chi connectivity index (χ1) is 35.1. The highest BCUT2D eigenvalue weighted by Gasteiger charge is 2.38. The Kier molecular flexibility index (Phi) is 9.31. The molecule has 344 valence electrons. The lowest BCUT2D eigenvalue weighted by Crippen LogP contribution is -2.15. The van der Waals surface area contributed by atoms with Crippen molar-refractivity contribution in [3.05, 3.63) is 222 Å². The van der Waals surface area contributed by atoms with Crippen LogP contribution in [0.5, 0.6) is 0 Å². The maximum absolute atomic E-state index is 6.27. The van der Waals surface area contributed by atoms with E-state index in [9.17, 15) is 0 Å². The average molecular weight is 929 g/mol. The molecule has 0 fully saturated rings. The first kappa shape index (κ1) is 42.2. The summed E-state index contributed by atoms with van der Waals surface area (Å²) in [5, 5.41) is 0. The van der Waals surface area contributed by atoms with Gasteiger partial charge >= 0.3 is 0 Å². The minimum absolute atomic E-state index is 0.197. The van der Waals surface area contributed by atoms with E-state index in [0.717, 1.165) is 85.9 Å². The van der Waals surface area contributed by atoms with Crippen molar-refractivity contribution < 1.29 is 8.83 Å². The van der Waals surface area contributed by atoms with Crippen molar-refractivity contribution in [3.63, 3.8) is 0 Å². The molecule has 0 saturated carbocycles. The second-order valence-corrected chi connectivity index (χ2v) is 20.5. The van der Waals surface area contributed by atoms with Gasteiger partial charge in [-0.1, -0.05) is 137 Å².